The zero-order valence-corrected chi connectivity index (χ0v) is 22.8. The summed E-state index contributed by atoms with van der Waals surface area (Å²) in [4.78, 5) is 36.6. The van der Waals surface area contributed by atoms with Crippen molar-refractivity contribution in [1.29, 1.82) is 0 Å². The number of aliphatic imine (C=N–C) groups is 1. The molecular weight excluding hydrogens is 488 g/mol. The molecule has 0 spiro atoms. The first-order chi connectivity index (χ1) is 19.1. The van der Waals surface area contributed by atoms with Crippen molar-refractivity contribution in [3.63, 3.8) is 0 Å². The summed E-state index contributed by atoms with van der Waals surface area (Å²) in [5, 5.41) is 4.48. The molecule has 0 saturated carbocycles. The number of benzene rings is 2. The summed E-state index contributed by atoms with van der Waals surface area (Å²) in [5.74, 6) is 1.50. The summed E-state index contributed by atoms with van der Waals surface area (Å²) < 4.78 is 5.00. The molecule has 1 unspecified atom stereocenters. The predicted octanol–water partition coefficient (Wildman–Crippen LogP) is 6.21. The molecule has 39 heavy (non-hydrogen) atoms. The Balaban J connectivity index is 1.16. The SMILES string of the molecule is COC(=O)CC(CCC1CCN(C(=O)c2cccc(NC3=NCCCC3)c2)CC1)c1cnc2ccccc2c1. The predicted molar refractivity (Wildman–Crippen MR) is 155 cm³/mol. The minimum atomic E-state index is -0.194. The number of ether oxygens (including phenoxy) is 1. The van der Waals surface area contributed by atoms with Crippen LogP contribution in [0.2, 0.25) is 0 Å². The fourth-order valence-electron chi connectivity index (χ4n) is 5.72. The number of nitrogens with zero attached hydrogens (tertiary/aromatic N) is 3. The van der Waals surface area contributed by atoms with Crippen molar-refractivity contribution in [2.24, 2.45) is 10.9 Å². The molecule has 0 aliphatic carbocycles. The smallest absolute Gasteiger partial charge is 0.306 e. The van der Waals surface area contributed by atoms with Gasteiger partial charge < -0.3 is 15.0 Å². The molecule has 3 heterocycles. The summed E-state index contributed by atoms with van der Waals surface area (Å²) >= 11 is 0. The molecular formula is C32H38N4O3. The van der Waals surface area contributed by atoms with E-state index in [1.54, 1.807) is 0 Å². The number of likely N-dealkylation sites (tertiary alicyclic amines) is 1. The lowest BCUT2D eigenvalue weighted by Gasteiger charge is -2.33. The topological polar surface area (TPSA) is 83.9 Å². The van der Waals surface area contributed by atoms with Crippen molar-refractivity contribution in [3.8, 4) is 0 Å². The molecule has 2 aliphatic heterocycles. The van der Waals surface area contributed by atoms with Crippen LogP contribution in [-0.2, 0) is 9.53 Å². The first kappa shape index (κ1) is 26.9. The lowest BCUT2D eigenvalue weighted by molar-refractivity contribution is -0.141. The number of piperidine rings is 1. The molecule has 1 N–H and O–H groups in total. The van der Waals surface area contributed by atoms with Crippen LogP contribution >= 0.6 is 0 Å². The van der Waals surface area contributed by atoms with Gasteiger partial charge in [-0.1, -0.05) is 24.3 Å². The van der Waals surface area contributed by atoms with Crippen molar-refractivity contribution in [2.45, 2.75) is 57.3 Å². The van der Waals surface area contributed by atoms with E-state index < -0.39 is 0 Å². The normalized spacial score (nSPS) is 16.9. The summed E-state index contributed by atoms with van der Waals surface area (Å²) in [7, 11) is 1.45. The zero-order valence-electron chi connectivity index (χ0n) is 22.8. The number of aromatic nitrogens is 1. The van der Waals surface area contributed by atoms with Crippen molar-refractivity contribution < 1.29 is 14.3 Å². The van der Waals surface area contributed by atoms with Gasteiger partial charge in [0.1, 0.15) is 5.84 Å². The third kappa shape index (κ3) is 7.02. The maximum atomic E-state index is 13.3. The number of hydrogen-bond acceptors (Lipinski definition) is 6. The fourth-order valence-corrected chi connectivity index (χ4v) is 5.72. The maximum Gasteiger partial charge on any atom is 0.306 e. The van der Waals surface area contributed by atoms with Gasteiger partial charge in [-0.15, -0.1) is 0 Å². The van der Waals surface area contributed by atoms with Gasteiger partial charge in [0.15, 0.2) is 0 Å². The number of anilines is 1. The van der Waals surface area contributed by atoms with Crippen LogP contribution in [0.4, 0.5) is 5.69 Å². The molecule has 0 radical (unpaired) electrons. The van der Waals surface area contributed by atoms with Crippen LogP contribution in [-0.4, -0.2) is 54.3 Å². The van der Waals surface area contributed by atoms with Gasteiger partial charge in [-0.25, -0.2) is 0 Å². The van der Waals surface area contributed by atoms with E-state index in [0.717, 1.165) is 98.1 Å². The Kier molecular flexibility index (Phi) is 8.86. The summed E-state index contributed by atoms with van der Waals surface area (Å²) in [6, 6.07) is 18.0. The molecule has 7 heteroatoms. The molecule has 204 valence electrons. The number of carbonyl (C=O) groups excluding carboxylic acids is 2. The Morgan fingerprint density at radius 2 is 1.92 bits per heavy atom. The average Bonchev–Trinajstić information content (AvgIpc) is 2.99. The number of pyridine rings is 1. The zero-order chi connectivity index (χ0) is 27.0. The second-order valence-corrected chi connectivity index (χ2v) is 10.7. The molecule has 1 saturated heterocycles. The summed E-state index contributed by atoms with van der Waals surface area (Å²) in [6.07, 6.45) is 9.37. The van der Waals surface area contributed by atoms with Gasteiger partial charge in [0, 0.05) is 48.9 Å². The lowest BCUT2D eigenvalue weighted by atomic mass is 9.85. The van der Waals surface area contributed by atoms with Crippen LogP contribution in [0.5, 0.6) is 0 Å². The van der Waals surface area contributed by atoms with Gasteiger partial charge in [0.2, 0.25) is 0 Å². The molecule has 7 nitrogen and oxygen atoms in total. The lowest BCUT2D eigenvalue weighted by Crippen LogP contribution is -2.38. The van der Waals surface area contributed by atoms with Crippen LogP contribution in [0.3, 0.4) is 0 Å². The van der Waals surface area contributed by atoms with Crippen molar-refractivity contribution >= 4 is 34.3 Å². The van der Waals surface area contributed by atoms with E-state index in [0.29, 0.717) is 12.3 Å². The number of carbonyl (C=O) groups is 2. The maximum absolute atomic E-state index is 13.3. The number of hydrogen-bond donors (Lipinski definition) is 1. The van der Waals surface area contributed by atoms with Gasteiger partial charge in [-0.05, 0) is 86.3 Å². The quantitative estimate of drug-likeness (QED) is 0.353. The molecule has 2 aliphatic rings. The second-order valence-electron chi connectivity index (χ2n) is 10.7. The van der Waals surface area contributed by atoms with Gasteiger partial charge in [-0.2, -0.15) is 0 Å². The standard InChI is InChI=1S/C32H38N4O3/c1-39-31(37)21-24(27-19-25-7-2-3-10-29(25)34-22-27)13-12-23-14-17-36(18-15-23)32(38)26-8-6-9-28(20-26)35-30-11-4-5-16-33-30/h2-3,6-10,19-20,22-24H,4-5,11-18,21H2,1H3,(H,33,35). The highest BCUT2D eigenvalue weighted by Gasteiger charge is 2.26. The van der Waals surface area contributed by atoms with Crippen LogP contribution in [0, 0.1) is 5.92 Å². The van der Waals surface area contributed by atoms with Gasteiger partial charge >= 0.3 is 5.97 Å². The number of rotatable bonds is 8. The molecule has 3 aromatic rings. The third-order valence-corrected chi connectivity index (χ3v) is 8.07. The largest absolute Gasteiger partial charge is 0.469 e. The Bertz CT molecular complexity index is 1330. The Labute approximate surface area is 230 Å². The van der Waals surface area contributed by atoms with E-state index in [9.17, 15) is 9.59 Å². The molecule has 0 bridgehead atoms. The minimum Gasteiger partial charge on any atom is -0.469 e. The van der Waals surface area contributed by atoms with Crippen molar-refractivity contribution in [1.82, 2.24) is 9.88 Å². The number of para-hydroxylation sites is 1. The minimum absolute atomic E-state index is 0.0678. The first-order valence-electron chi connectivity index (χ1n) is 14.2. The number of methoxy groups -OCH3 is 1. The van der Waals surface area contributed by atoms with E-state index in [1.165, 1.54) is 7.11 Å². The monoisotopic (exact) mass is 526 g/mol. The number of amides is 1. The van der Waals surface area contributed by atoms with Crippen molar-refractivity contribution in [3.05, 3.63) is 71.9 Å². The highest BCUT2D eigenvalue weighted by molar-refractivity contribution is 5.99. The number of esters is 1. The van der Waals surface area contributed by atoms with Gasteiger partial charge in [0.05, 0.1) is 19.0 Å². The Morgan fingerprint density at radius 1 is 1.08 bits per heavy atom. The molecule has 2 aromatic carbocycles. The average molecular weight is 527 g/mol. The van der Waals surface area contributed by atoms with E-state index in [4.69, 9.17) is 4.74 Å². The van der Waals surface area contributed by atoms with E-state index >= 15 is 0 Å². The highest BCUT2D eigenvalue weighted by Crippen LogP contribution is 2.32. The van der Waals surface area contributed by atoms with Crippen molar-refractivity contribution in [2.75, 3.05) is 32.1 Å². The molecule has 1 aromatic heterocycles. The second kappa shape index (κ2) is 12.9. The first-order valence-corrected chi connectivity index (χ1v) is 14.2. The van der Waals surface area contributed by atoms with E-state index in [1.807, 2.05) is 53.6 Å². The van der Waals surface area contributed by atoms with Crippen LogP contribution in [0.15, 0.2) is 65.8 Å². The van der Waals surface area contributed by atoms with Gasteiger partial charge in [0.25, 0.3) is 5.91 Å². The van der Waals surface area contributed by atoms with Crippen LogP contribution in [0.1, 0.15) is 73.2 Å². The number of amidine groups is 1. The Hall–Kier alpha value is -3.74. The molecule has 1 amide bonds. The Morgan fingerprint density at radius 3 is 2.72 bits per heavy atom. The fraction of sp³-hybridized carbons (Fsp3) is 0.438. The number of fused-ring (bicyclic) bond motifs is 1. The van der Waals surface area contributed by atoms with Crippen LogP contribution in [0.25, 0.3) is 10.9 Å². The van der Waals surface area contributed by atoms with E-state index in [-0.39, 0.29) is 17.8 Å². The molecule has 5 rings (SSSR count). The summed E-state index contributed by atoms with van der Waals surface area (Å²) in [6.45, 7) is 2.39. The van der Waals surface area contributed by atoms with Crippen LogP contribution < -0.4 is 5.32 Å². The number of nitrogens with one attached hydrogen (secondary N) is 1. The third-order valence-electron chi connectivity index (χ3n) is 8.07. The molecule has 1 fully saturated rings. The highest BCUT2D eigenvalue weighted by atomic mass is 16.5. The molecule has 1 atom stereocenters. The van der Waals surface area contributed by atoms with Gasteiger partial charge in [-0.3, -0.25) is 19.6 Å². The van der Waals surface area contributed by atoms with E-state index in [2.05, 4.69) is 27.4 Å². The summed E-state index contributed by atoms with van der Waals surface area (Å²) in [5.41, 5.74) is 3.69.